The summed E-state index contributed by atoms with van der Waals surface area (Å²) in [7, 11) is 0. The fourth-order valence-corrected chi connectivity index (χ4v) is 2.38. The van der Waals surface area contributed by atoms with Crippen LogP contribution in [0.3, 0.4) is 0 Å². The molecule has 12 heavy (non-hydrogen) atoms. The molecule has 1 rings (SSSR count). The van der Waals surface area contributed by atoms with E-state index in [4.69, 9.17) is 11.6 Å². The Balaban J connectivity index is 2.55. The quantitative estimate of drug-likeness (QED) is 0.449. The zero-order valence-corrected chi connectivity index (χ0v) is 8.74. The maximum atomic E-state index is 6.04. The van der Waals surface area contributed by atoms with Crippen LogP contribution < -0.4 is 0 Å². The van der Waals surface area contributed by atoms with Crippen LogP contribution in [0.2, 0.25) is 0 Å². The van der Waals surface area contributed by atoms with E-state index in [-0.39, 0.29) is 0 Å². The molecule has 1 atom stereocenters. The van der Waals surface area contributed by atoms with Gasteiger partial charge in [0.2, 0.25) is 0 Å². The van der Waals surface area contributed by atoms with Crippen molar-refractivity contribution >= 4 is 11.6 Å². The van der Waals surface area contributed by atoms with E-state index in [1.165, 1.54) is 38.5 Å². The van der Waals surface area contributed by atoms with E-state index in [9.17, 15) is 0 Å². The van der Waals surface area contributed by atoms with Crippen molar-refractivity contribution in [2.45, 2.75) is 45.4 Å². The minimum atomic E-state index is 0.451. The van der Waals surface area contributed by atoms with Gasteiger partial charge < -0.3 is 0 Å². The first-order valence-corrected chi connectivity index (χ1v) is 5.57. The lowest BCUT2D eigenvalue weighted by atomic mass is 9.77. The molecule has 0 radical (unpaired) electrons. The lowest BCUT2D eigenvalue weighted by Gasteiger charge is -2.31. The van der Waals surface area contributed by atoms with E-state index in [1.54, 1.807) is 0 Å². The van der Waals surface area contributed by atoms with Crippen molar-refractivity contribution in [2.24, 2.45) is 5.41 Å². The topological polar surface area (TPSA) is 0 Å². The van der Waals surface area contributed by atoms with Gasteiger partial charge >= 0.3 is 0 Å². The molecule has 0 heterocycles. The van der Waals surface area contributed by atoms with Crippen LogP contribution in [0.25, 0.3) is 0 Å². The minimum absolute atomic E-state index is 0.451. The summed E-state index contributed by atoms with van der Waals surface area (Å²) in [6, 6.07) is 0. The molecule has 0 aromatic rings. The maximum absolute atomic E-state index is 6.04. The van der Waals surface area contributed by atoms with E-state index in [2.05, 4.69) is 19.1 Å². The zero-order chi connectivity index (χ0) is 8.86. The Morgan fingerprint density at radius 3 is 2.67 bits per heavy atom. The van der Waals surface area contributed by atoms with Crippen molar-refractivity contribution in [1.29, 1.82) is 0 Å². The van der Waals surface area contributed by atoms with Crippen LogP contribution in [0.15, 0.2) is 12.2 Å². The van der Waals surface area contributed by atoms with Crippen LogP contribution in [0, 0.1) is 5.41 Å². The third kappa shape index (κ3) is 2.52. The summed E-state index contributed by atoms with van der Waals surface area (Å²) in [6.45, 7) is 2.27. The summed E-state index contributed by atoms with van der Waals surface area (Å²) < 4.78 is 0. The second-order valence-corrected chi connectivity index (χ2v) is 4.16. The molecule has 1 heteroatoms. The summed E-state index contributed by atoms with van der Waals surface area (Å²) in [5.74, 6) is 0.845. The fourth-order valence-electron chi connectivity index (χ4n) is 1.93. The Morgan fingerprint density at radius 2 is 2.00 bits per heavy atom. The van der Waals surface area contributed by atoms with Crippen molar-refractivity contribution in [3.8, 4) is 0 Å². The number of rotatable bonds is 2. The Bertz CT molecular complexity index is 145. The van der Waals surface area contributed by atoms with Crippen LogP contribution in [0.5, 0.6) is 0 Å². The van der Waals surface area contributed by atoms with E-state index in [1.807, 2.05) is 0 Å². The number of alkyl halides is 1. The van der Waals surface area contributed by atoms with Gasteiger partial charge in [-0.15, -0.1) is 11.6 Å². The Morgan fingerprint density at radius 1 is 1.25 bits per heavy atom. The van der Waals surface area contributed by atoms with Gasteiger partial charge in [-0.3, -0.25) is 0 Å². The molecule has 0 spiro atoms. The molecule has 1 aliphatic carbocycles. The van der Waals surface area contributed by atoms with Gasteiger partial charge in [-0.1, -0.05) is 19.1 Å². The molecule has 0 saturated heterocycles. The lowest BCUT2D eigenvalue weighted by molar-refractivity contribution is 0.259. The van der Waals surface area contributed by atoms with E-state index >= 15 is 0 Å². The summed E-state index contributed by atoms with van der Waals surface area (Å²) >= 11 is 6.04. The first-order valence-electron chi connectivity index (χ1n) is 5.04. The Hall–Kier alpha value is 0.0300. The lowest BCUT2D eigenvalue weighted by Crippen LogP contribution is -2.22. The summed E-state index contributed by atoms with van der Waals surface area (Å²) in [4.78, 5) is 0. The largest absolute Gasteiger partial charge is 0.126 e. The Kier molecular flexibility index (Phi) is 4.14. The fraction of sp³-hybridized carbons (Fsp3) is 0.818. The van der Waals surface area contributed by atoms with Gasteiger partial charge in [0, 0.05) is 5.88 Å². The Labute approximate surface area is 81.0 Å². The molecule has 0 bridgehead atoms. The number of allylic oxidation sites excluding steroid dienone is 2. The van der Waals surface area contributed by atoms with Gasteiger partial charge in [-0.25, -0.2) is 0 Å². The molecule has 0 saturated carbocycles. The molecular formula is C11H19Cl. The molecule has 70 valence electrons. The van der Waals surface area contributed by atoms with Gasteiger partial charge in [0.25, 0.3) is 0 Å². The molecule has 1 unspecified atom stereocenters. The monoisotopic (exact) mass is 186 g/mol. The van der Waals surface area contributed by atoms with Gasteiger partial charge in [0.15, 0.2) is 0 Å². The highest BCUT2D eigenvalue weighted by Crippen LogP contribution is 2.36. The molecule has 1 aliphatic rings. The molecule has 0 nitrogen and oxygen atoms in total. The van der Waals surface area contributed by atoms with Crippen molar-refractivity contribution in [2.75, 3.05) is 5.88 Å². The first-order chi connectivity index (χ1) is 5.83. The zero-order valence-electron chi connectivity index (χ0n) is 7.98. The van der Waals surface area contributed by atoms with Crippen LogP contribution in [0.4, 0.5) is 0 Å². The van der Waals surface area contributed by atoms with Gasteiger partial charge in [0.05, 0.1) is 0 Å². The van der Waals surface area contributed by atoms with Gasteiger partial charge in [-0.2, -0.15) is 0 Å². The second-order valence-electron chi connectivity index (χ2n) is 3.89. The van der Waals surface area contributed by atoms with Gasteiger partial charge in [-0.05, 0) is 43.9 Å². The molecule has 0 fully saturated rings. The predicted octanol–water partition coefficient (Wildman–Crippen LogP) is 4.14. The SMILES string of the molecule is CCC1(CCl)CC/C=C\CCC1. The van der Waals surface area contributed by atoms with Gasteiger partial charge in [0.1, 0.15) is 0 Å². The highest BCUT2D eigenvalue weighted by atomic mass is 35.5. The molecule has 0 N–H and O–H groups in total. The van der Waals surface area contributed by atoms with Crippen LogP contribution in [0.1, 0.15) is 45.4 Å². The molecule has 0 amide bonds. The maximum Gasteiger partial charge on any atom is 0.0280 e. The van der Waals surface area contributed by atoms with Crippen molar-refractivity contribution in [1.82, 2.24) is 0 Å². The minimum Gasteiger partial charge on any atom is -0.126 e. The molecule has 0 aromatic carbocycles. The first kappa shape index (κ1) is 10.1. The van der Waals surface area contributed by atoms with Crippen LogP contribution >= 0.6 is 11.6 Å². The summed E-state index contributed by atoms with van der Waals surface area (Å²) in [6.07, 6.45) is 12.3. The van der Waals surface area contributed by atoms with Crippen molar-refractivity contribution < 1.29 is 0 Å². The highest BCUT2D eigenvalue weighted by Gasteiger charge is 2.25. The second kappa shape index (κ2) is 4.91. The normalized spacial score (nSPS) is 33.8. The van der Waals surface area contributed by atoms with E-state index < -0.39 is 0 Å². The number of hydrogen-bond acceptors (Lipinski definition) is 0. The molecule has 0 aliphatic heterocycles. The predicted molar refractivity (Wildman–Crippen MR) is 55.7 cm³/mol. The van der Waals surface area contributed by atoms with Crippen molar-refractivity contribution in [3.63, 3.8) is 0 Å². The smallest absolute Gasteiger partial charge is 0.0280 e. The third-order valence-electron chi connectivity index (χ3n) is 3.12. The molecule has 0 aromatic heterocycles. The average Bonchev–Trinajstić information content (AvgIpc) is 2.06. The van der Waals surface area contributed by atoms with Crippen LogP contribution in [-0.4, -0.2) is 5.88 Å². The van der Waals surface area contributed by atoms with Crippen molar-refractivity contribution in [3.05, 3.63) is 12.2 Å². The summed E-state index contributed by atoms with van der Waals surface area (Å²) in [5, 5.41) is 0. The molecular weight excluding hydrogens is 168 g/mol. The average molecular weight is 187 g/mol. The standard InChI is InChI=1S/C11H19Cl/c1-2-11(10-12)8-6-4-3-5-7-9-11/h3-4H,2,5-10H2,1H3/b4-3-. The number of halogens is 1. The number of hydrogen-bond donors (Lipinski definition) is 0. The highest BCUT2D eigenvalue weighted by molar-refractivity contribution is 6.18. The summed E-state index contributed by atoms with van der Waals surface area (Å²) in [5.41, 5.74) is 0.451. The van der Waals surface area contributed by atoms with Crippen LogP contribution in [-0.2, 0) is 0 Å². The van der Waals surface area contributed by atoms with E-state index in [0.717, 1.165) is 5.88 Å². The van der Waals surface area contributed by atoms with E-state index in [0.29, 0.717) is 5.41 Å². The third-order valence-corrected chi connectivity index (χ3v) is 3.69.